The lowest BCUT2D eigenvalue weighted by Crippen LogP contribution is -2.45. The maximum absolute atomic E-state index is 12.7. The van der Waals surface area contributed by atoms with Crippen LogP contribution in [0.25, 0.3) is 0 Å². The molecule has 1 aromatic rings. The highest BCUT2D eigenvalue weighted by Gasteiger charge is 2.31. The SMILES string of the molecule is O=C(COCC(F)(F)C(=O)[O-])Oc1c(I)cc(I)cc1I. The highest BCUT2D eigenvalue weighted by atomic mass is 127. The largest absolute Gasteiger partial charge is 0.544 e. The number of hydrogen-bond donors (Lipinski definition) is 0. The number of ether oxygens (including phenoxy) is 2. The minimum Gasteiger partial charge on any atom is -0.544 e. The first-order valence-corrected chi connectivity index (χ1v) is 8.39. The predicted molar refractivity (Wildman–Crippen MR) is 91.0 cm³/mol. The number of carboxylic acid groups (broad SMARTS) is 1. The second-order valence-electron chi connectivity index (χ2n) is 3.66. The molecule has 1 rings (SSSR count). The van der Waals surface area contributed by atoms with E-state index in [1.807, 2.05) is 45.2 Å². The van der Waals surface area contributed by atoms with E-state index < -0.39 is 31.1 Å². The molecule has 1 aromatic carbocycles. The predicted octanol–water partition coefficient (Wildman–Crippen LogP) is 1.81. The Hall–Kier alpha value is 0.170. The van der Waals surface area contributed by atoms with Crippen LogP contribution < -0.4 is 9.84 Å². The first-order valence-electron chi connectivity index (χ1n) is 5.15. The zero-order valence-electron chi connectivity index (χ0n) is 10.00. The Morgan fingerprint density at radius 2 is 1.71 bits per heavy atom. The highest BCUT2D eigenvalue weighted by Crippen LogP contribution is 2.29. The van der Waals surface area contributed by atoms with Crippen LogP contribution in [-0.4, -0.2) is 31.1 Å². The molecule has 0 unspecified atom stereocenters. The van der Waals surface area contributed by atoms with Crippen LogP contribution in [0, 0.1) is 10.7 Å². The standard InChI is InChI=1S/C11H7F2I3O5/c12-11(13,10(18)19)4-20-3-8(17)21-9-6(15)1-5(14)2-7(9)16/h1-2H,3-4H2,(H,18,19)/p-1. The molecule has 0 heterocycles. The van der Waals surface area contributed by atoms with Crippen molar-refractivity contribution in [3.63, 3.8) is 0 Å². The second kappa shape index (κ2) is 8.14. The van der Waals surface area contributed by atoms with Crippen LogP contribution >= 0.6 is 67.8 Å². The second-order valence-corrected chi connectivity index (χ2v) is 7.23. The van der Waals surface area contributed by atoms with Crippen LogP contribution in [0.15, 0.2) is 12.1 Å². The zero-order valence-corrected chi connectivity index (χ0v) is 16.5. The molecule has 5 nitrogen and oxygen atoms in total. The van der Waals surface area contributed by atoms with Crippen molar-refractivity contribution in [2.75, 3.05) is 13.2 Å². The average molecular weight is 637 g/mol. The summed E-state index contributed by atoms with van der Waals surface area (Å²) in [7, 11) is 0. The summed E-state index contributed by atoms with van der Waals surface area (Å²) in [5, 5.41) is 10.0. The molecule has 0 atom stereocenters. The Balaban J connectivity index is 2.58. The summed E-state index contributed by atoms with van der Waals surface area (Å²) in [5.41, 5.74) is 0. The lowest BCUT2D eigenvalue weighted by atomic mass is 10.3. The quantitative estimate of drug-likeness (QED) is 0.271. The molecule has 0 saturated carbocycles. The Bertz CT molecular complexity index is 542. The van der Waals surface area contributed by atoms with E-state index in [2.05, 4.69) is 27.3 Å². The fourth-order valence-corrected chi connectivity index (χ4v) is 4.89. The number of halogens is 5. The van der Waals surface area contributed by atoms with Gasteiger partial charge in [-0.15, -0.1) is 0 Å². The van der Waals surface area contributed by atoms with E-state index in [9.17, 15) is 23.5 Å². The van der Waals surface area contributed by atoms with Gasteiger partial charge in [0, 0.05) is 3.57 Å². The molecule has 0 aliphatic rings. The van der Waals surface area contributed by atoms with Gasteiger partial charge in [0.05, 0.1) is 7.14 Å². The van der Waals surface area contributed by atoms with Crippen LogP contribution in [0.2, 0.25) is 0 Å². The highest BCUT2D eigenvalue weighted by molar-refractivity contribution is 14.1. The van der Waals surface area contributed by atoms with Gasteiger partial charge in [0.1, 0.15) is 19.2 Å². The van der Waals surface area contributed by atoms with Crippen molar-refractivity contribution >= 4 is 79.7 Å². The molecule has 0 spiro atoms. The number of esters is 1. The molecule has 0 amide bonds. The molecule has 0 radical (unpaired) electrons. The molecule has 0 fully saturated rings. The summed E-state index contributed by atoms with van der Waals surface area (Å²) in [6.07, 6.45) is 0. The van der Waals surface area contributed by atoms with Gasteiger partial charge in [0.15, 0.2) is 5.75 Å². The van der Waals surface area contributed by atoms with Gasteiger partial charge in [0.2, 0.25) is 0 Å². The van der Waals surface area contributed by atoms with Crippen LogP contribution in [0.5, 0.6) is 5.75 Å². The minimum atomic E-state index is -4.15. The van der Waals surface area contributed by atoms with Crippen LogP contribution in [0.3, 0.4) is 0 Å². The third kappa shape index (κ3) is 6.05. The number of hydrogen-bond acceptors (Lipinski definition) is 5. The summed E-state index contributed by atoms with van der Waals surface area (Å²) in [5.74, 6) is -7.30. The van der Waals surface area contributed by atoms with Gasteiger partial charge in [0.25, 0.3) is 0 Å². The Labute approximate surface area is 159 Å². The number of carbonyl (C=O) groups excluding carboxylic acids is 2. The van der Waals surface area contributed by atoms with Crippen molar-refractivity contribution in [2.45, 2.75) is 5.92 Å². The van der Waals surface area contributed by atoms with Crippen molar-refractivity contribution in [1.29, 1.82) is 0 Å². The van der Waals surface area contributed by atoms with E-state index in [1.54, 1.807) is 12.1 Å². The number of benzene rings is 1. The lowest BCUT2D eigenvalue weighted by molar-refractivity contribution is -0.332. The smallest absolute Gasteiger partial charge is 0.337 e. The van der Waals surface area contributed by atoms with E-state index in [0.717, 1.165) is 3.57 Å². The molecular formula is C11H6F2I3O5-. The van der Waals surface area contributed by atoms with Crippen molar-refractivity contribution in [2.24, 2.45) is 0 Å². The van der Waals surface area contributed by atoms with Gasteiger partial charge in [-0.3, -0.25) is 0 Å². The van der Waals surface area contributed by atoms with Crippen LogP contribution in [-0.2, 0) is 14.3 Å². The summed E-state index contributed by atoms with van der Waals surface area (Å²) >= 11 is 6.04. The van der Waals surface area contributed by atoms with Gasteiger partial charge in [-0.2, -0.15) is 8.78 Å². The lowest BCUT2D eigenvalue weighted by Gasteiger charge is -2.16. The average Bonchev–Trinajstić information content (AvgIpc) is 2.33. The maximum Gasteiger partial charge on any atom is 0.337 e. The molecule has 0 aliphatic carbocycles. The molecule has 0 N–H and O–H groups in total. The van der Waals surface area contributed by atoms with Gasteiger partial charge in [-0.1, -0.05) is 0 Å². The van der Waals surface area contributed by atoms with Crippen molar-refractivity contribution in [3.05, 3.63) is 22.8 Å². The van der Waals surface area contributed by atoms with E-state index >= 15 is 0 Å². The van der Waals surface area contributed by atoms with Crippen LogP contribution in [0.4, 0.5) is 8.78 Å². The molecule has 0 bridgehead atoms. The summed E-state index contributed by atoms with van der Waals surface area (Å²) in [4.78, 5) is 21.5. The molecule has 116 valence electrons. The van der Waals surface area contributed by atoms with E-state index in [0.29, 0.717) is 12.9 Å². The van der Waals surface area contributed by atoms with Crippen molar-refractivity contribution in [3.8, 4) is 5.75 Å². The van der Waals surface area contributed by atoms with E-state index in [-0.39, 0.29) is 0 Å². The maximum atomic E-state index is 12.7. The third-order valence-electron chi connectivity index (χ3n) is 1.98. The van der Waals surface area contributed by atoms with Gasteiger partial charge < -0.3 is 19.4 Å². The molecule has 0 saturated heterocycles. The first kappa shape index (κ1) is 19.2. The molecule has 0 aliphatic heterocycles. The topological polar surface area (TPSA) is 75.7 Å². The van der Waals surface area contributed by atoms with Gasteiger partial charge in [-0.05, 0) is 79.9 Å². The monoisotopic (exact) mass is 637 g/mol. The molecular weight excluding hydrogens is 631 g/mol. The zero-order chi connectivity index (χ0) is 16.2. The molecule has 0 aromatic heterocycles. The summed E-state index contributed by atoms with van der Waals surface area (Å²) < 4.78 is 37.0. The summed E-state index contributed by atoms with van der Waals surface area (Å²) in [6, 6.07) is 3.55. The number of aliphatic carboxylic acids is 1. The summed E-state index contributed by atoms with van der Waals surface area (Å²) in [6.45, 7) is -2.24. The van der Waals surface area contributed by atoms with Crippen molar-refractivity contribution < 1.29 is 33.0 Å². The first-order chi connectivity index (χ1) is 9.63. The number of rotatable bonds is 6. The van der Waals surface area contributed by atoms with Gasteiger partial charge in [-0.25, -0.2) is 4.79 Å². The Morgan fingerprint density at radius 3 is 2.19 bits per heavy atom. The van der Waals surface area contributed by atoms with Crippen molar-refractivity contribution in [1.82, 2.24) is 0 Å². The molecule has 10 heteroatoms. The number of alkyl halides is 2. The van der Waals surface area contributed by atoms with Gasteiger partial charge >= 0.3 is 11.9 Å². The third-order valence-corrected chi connectivity index (χ3v) is 4.21. The normalized spacial score (nSPS) is 11.3. The number of carboxylic acids is 1. The van der Waals surface area contributed by atoms with E-state index in [4.69, 9.17) is 4.74 Å². The number of carbonyl (C=O) groups is 2. The minimum absolute atomic E-state index is 0.303. The fourth-order valence-electron chi connectivity index (χ4n) is 1.09. The Kier molecular flexibility index (Phi) is 7.45. The molecule has 21 heavy (non-hydrogen) atoms. The fraction of sp³-hybridized carbons (Fsp3) is 0.273. The van der Waals surface area contributed by atoms with Crippen LogP contribution in [0.1, 0.15) is 0 Å². The Morgan fingerprint density at radius 1 is 1.19 bits per heavy atom. The van der Waals surface area contributed by atoms with E-state index in [1.165, 1.54) is 0 Å².